The van der Waals surface area contributed by atoms with Crippen molar-refractivity contribution in [3.05, 3.63) is 41.5 Å². The van der Waals surface area contributed by atoms with Gasteiger partial charge in [0.1, 0.15) is 5.41 Å². The van der Waals surface area contributed by atoms with Crippen LogP contribution in [0.25, 0.3) is 0 Å². The van der Waals surface area contributed by atoms with Crippen LogP contribution in [0, 0.1) is 11.8 Å². The minimum absolute atomic E-state index is 0.0211. The van der Waals surface area contributed by atoms with Crippen molar-refractivity contribution in [3.8, 4) is 0 Å². The summed E-state index contributed by atoms with van der Waals surface area (Å²) in [6, 6.07) is 8.50. The third-order valence-electron chi connectivity index (χ3n) is 6.56. The quantitative estimate of drug-likeness (QED) is 0.723. The Labute approximate surface area is 136 Å². The van der Waals surface area contributed by atoms with Crippen molar-refractivity contribution in [2.45, 2.75) is 37.3 Å². The second-order valence-corrected chi connectivity index (χ2v) is 7.35. The summed E-state index contributed by atoms with van der Waals surface area (Å²) < 4.78 is 6.27. The second kappa shape index (κ2) is 4.68. The molecular formula is C19H22N2O2. The van der Waals surface area contributed by atoms with Gasteiger partial charge in [0.15, 0.2) is 0 Å². The first-order valence-corrected chi connectivity index (χ1v) is 8.65. The van der Waals surface area contributed by atoms with Gasteiger partial charge in [0.25, 0.3) is 0 Å². The highest BCUT2D eigenvalue weighted by Gasteiger charge is 2.60. The Balaban J connectivity index is 1.67. The molecule has 0 radical (unpaired) electrons. The molecule has 1 aromatic carbocycles. The zero-order chi connectivity index (χ0) is 15.6. The predicted octanol–water partition coefficient (Wildman–Crippen LogP) is 2.22. The highest BCUT2D eigenvalue weighted by molar-refractivity contribution is 6.07. The van der Waals surface area contributed by atoms with E-state index in [9.17, 15) is 4.79 Å². The molecule has 2 N–H and O–H groups in total. The standard InChI is InChI=1S/C19H22N2O2/c1-2-11-9-20-16-8-19(17-7-12(11)13(16)10-23-17)14-5-3-4-6-15(14)21-18(19)22/h2-6,12-13,16-17,20H,7-10H2,1H3,(H,21,22)/b11-2+. The van der Waals surface area contributed by atoms with Crippen LogP contribution >= 0.6 is 0 Å². The maximum absolute atomic E-state index is 13.1. The first-order valence-electron chi connectivity index (χ1n) is 8.65. The Morgan fingerprint density at radius 1 is 1.35 bits per heavy atom. The molecule has 1 amide bonds. The highest BCUT2D eigenvalue weighted by atomic mass is 16.5. The van der Waals surface area contributed by atoms with Crippen molar-refractivity contribution in [1.82, 2.24) is 5.32 Å². The van der Waals surface area contributed by atoms with Gasteiger partial charge >= 0.3 is 0 Å². The van der Waals surface area contributed by atoms with E-state index in [1.165, 1.54) is 5.57 Å². The van der Waals surface area contributed by atoms with Crippen LogP contribution < -0.4 is 10.6 Å². The van der Waals surface area contributed by atoms with E-state index in [4.69, 9.17) is 4.74 Å². The normalized spacial score (nSPS) is 42.7. The van der Waals surface area contributed by atoms with Crippen molar-refractivity contribution in [3.63, 3.8) is 0 Å². The fourth-order valence-electron chi connectivity index (χ4n) is 5.39. The van der Waals surface area contributed by atoms with Crippen molar-refractivity contribution in [1.29, 1.82) is 0 Å². The van der Waals surface area contributed by atoms with Crippen molar-refractivity contribution >= 4 is 11.6 Å². The van der Waals surface area contributed by atoms with E-state index in [1.54, 1.807) is 0 Å². The van der Waals surface area contributed by atoms with Crippen LogP contribution in [0.3, 0.4) is 0 Å². The average Bonchev–Trinajstić information content (AvgIpc) is 2.71. The fourth-order valence-corrected chi connectivity index (χ4v) is 5.39. The van der Waals surface area contributed by atoms with Gasteiger partial charge in [-0.15, -0.1) is 0 Å². The highest BCUT2D eigenvalue weighted by Crippen LogP contribution is 2.54. The molecular weight excluding hydrogens is 288 g/mol. The number of hydrogen-bond acceptors (Lipinski definition) is 3. The van der Waals surface area contributed by atoms with Gasteiger partial charge in [-0.2, -0.15) is 0 Å². The molecule has 4 heterocycles. The summed E-state index contributed by atoms with van der Waals surface area (Å²) in [4.78, 5) is 13.1. The van der Waals surface area contributed by atoms with Gasteiger partial charge in [-0.05, 0) is 37.3 Å². The molecule has 120 valence electrons. The van der Waals surface area contributed by atoms with Crippen molar-refractivity contribution < 1.29 is 9.53 Å². The third-order valence-corrected chi connectivity index (χ3v) is 6.56. The molecule has 23 heavy (non-hydrogen) atoms. The number of nitrogens with one attached hydrogen (secondary N) is 2. The Morgan fingerprint density at radius 2 is 2.22 bits per heavy atom. The lowest BCUT2D eigenvalue weighted by atomic mass is 9.72. The summed E-state index contributed by atoms with van der Waals surface area (Å²) in [7, 11) is 0. The van der Waals surface area contributed by atoms with Crippen LogP contribution in [0.2, 0.25) is 0 Å². The maximum atomic E-state index is 13.1. The molecule has 3 saturated heterocycles. The van der Waals surface area contributed by atoms with Gasteiger partial charge in [0, 0.05) is 24.2 Å². The Bertz CT molecular complexity index is 713. The number of anilines is 1. The molecule has 4 fully saturated rings. The van der Waals surface area contributed by atoms with Crippen LogP contribution in [-0.2, 0) is 14.9 Å². The van der Waals surface area contributed by atoms with Crippen LogP contribution in [0.5, 0.6) is 0 Å². The number of rotatable bonds is 0. The van der Waals surface area contributed by atoms with E-state index in [0.29, 0.717) is 17.9 Å². The molecule has 4 nitrogen and oxygen atoms in total. The first kappa shape index (κ1) is 13.8. The molecule has 0 aromatic heterocycles. The number of benzene rings is 1. The average molecular weight is 310 g/mol. The third kappa shape index (κ3) is 1.65. The molecule has 1 aliphatic carbocycles. The second-order valence-electron chi connectivity index (χ2n) is 7.35. The topological polar surface area (TPSA) is 50.4 Å². The molecule has 4 aliphatic heterocycles. The van der Waals surface area contributed by atoms with E-state index in [-0.39, 0.29) is 12.0 Å². The van der Waals surface area contributed by atoms with Gasteiger partial charge in [-0.3, -0.25) is 4.79 Å². The molecule has 1 spiro atoms. The van der Waals surface area contributed by atoms with Crippen LogP contribution in [0.1, 0.15) is 25.3 Å². The number of hydrogen-bond donors (Lipinski definition) is 2. The molecule has 4 heteroatoms. The summed E-state index contributed by atoms with van der Waals surface area (Å²) in [5.74, 6) is 1.18. The number of amides is 1. The lowest BCUT2D eigenvalue weighted by Crippen LogP contribution is -2.49. The molecule has 5 aliphatic rings. The van der Waals surface area contributed by atoms with Gasteiger partial charge in [0.05, 0.1) is 12.7 Å². The van der Waals surface area contributed by atoms with Gasteiger partial charge < -0.3 is 15.4 Å². The van der Waals surface area contributed by atoms with E-state index < -0.39 is 5.41 Å². The van der Waals surface area contributed by atoms with E-state index in [1.807, 2.05) is 18.2 Å². The lowest BCUT2D eigenvalue weighted by molar-refractivity contribution is -0.129. The van der Waals surface area contributed by atoms with E-state index >= 15 is 0 Å². The Hall–Kier alpha value is -1.65. The summed E-state index contributed by atoms with van der Waals surface area (Å²) in [5.41, 5.74) is 3.06. The monoisotopic (exact) mass is 310 g/mol. The van der Waals surface area contributed by atoms with Crippen LogP contribution in [-0.4, -0.2) is 31.2 Å². The molecule has 5 unspecified atom stereocenters. The predicted molar refractivity (Wildman–Crippen MR) is 88.3 cm³/mol. The van der Waals surface area contributed by atoms with Gasteiger partial charge in [-0.25, -0.2) is 0 Å². The largest absolute Gasteiger partial charge is 0.376 e. The smallest absolute Gasteiger partial charge is 0.237 e. The summed E-state index contributed by atoms with van der Waals surface area (Å²) >= 11 is 0. The number of carbonyl (C=O) groups is 1. The molecule has 1 aromatic rings. The zero-order valence-electron chi connectivity index (χ0n) is 13.3. The van der Waals surface area contributed by atoms with Gasteiger partial charge in [0.2, 0.25) is 5.91 Å². The lowest BCUT2D eigenvalue weighted by Gasteiger charge is -2.42. The number of para-hydroxylation sites is 1. The van der Waals surface area contributed by atoms with Crippen LogP contribution in [0.4, 0.5) is 5.69 Å². The number of fused-ring (bicyclic) bond motifs is 2. The van der Waals surface area contributed by atoms with E-state index in [2.05, 4.69) is 29.7 Å². The van der Waals surface area contributed by atoms with Crippen LogP contribution in [0.15, 0.2) is 35.9 Å². The minimum Gasteiger partial charge on any atom is -0.376 e. The summed E-state index contributed by atoms with van der Waals surface area (Å²) in [6.45, 7) is 3.85. The van der Waals surface area contributed by atoms with Crippen molar-refractivity contribution in [2.24, 2.45) is 11.8 Å². The number of carbonyl (C=O) groups excluding carboxylic acids is 1. The maximum Gasteiger partial charge on any atom is 0.237 e. The molecule has 6 rings (SSSR count). The Morgan fingerprint density at radius 3 is 3.09 bits per heavy atom. The SMILES string of the molecule is C/C=C1\CNC2CC3(C(=O)Nc4ccccc43)C3CC1C2CO3. The number of ether oxygens (including phenoxy) is 1. The molecule has 5 atom stereocenters. The molecule has 1 saturated carbocycles. The van der Waals surface area contributed by atoms with E-state index in [0.717, 1.165) is 37.2 Å². The summed E-state index contributed by atoms with van der Waals surface area (Å²) in [6.07, 6.45) is 4.04. The van der Waals surface area contributed by atoms with Crippen molar-refractivity contribution in [2.75, 3.05) is 18.5 Å². The van der Waals surface area contributed by atoms with Gasteiger partial charge in [-0.1, -0.05) is 29.8 Å². The zero-order valence-corrected chi connectivity index (χ0v) is 13.3. The summed E-state index contributed by atoms with van der Waals surface area (Å²) in [5, 5.41) is 6.81. The Kier molecular flexibility index (Phi) is 2.80. The molecule has 4 bridgehead atoms. The first-order chi connectivity index (χ1) is 11.2. The number of allylic oxidation sites excluding steroid dienone is 1. The fraction of sp³-hybridized carbons (Fsp3) is 0.526. The minimum atomic E-state index is -0.527. The number of piperidine rings is 1.